The molecular weight excluding hydrogens is 340 g/mol. The van der Waals surface area contributed by atoms with Gasteiger partial charge in [0.15, 0.2) is 5.13 Å². The van der Waals surface area contributed by atoms with Crippen molar-refractivity contribution in [3.63, 3.8) is 0 Å². The van der Waals surface area contributed by atoms with Gasteiger partial charge in [-0.3, -0.25) is 14.9 Å². The molecule has 0 saturated heterocycles. The number of thiazole rings is 1. The third kappa shape index (κ3) is 3.49. The maximum absolute atomic E-state index is 12.1. The highest BCUT2D eigenvalue weighted by molar-refractivity contribution is 7.88. The minimum Gasteiger partial charge on any atom is -0.328 e. The number of anilines is 1. The monoisotopic (exact) mass is 354 g/mol. The average Bonchev–Trinajstić information content (AvgIpc) is 2.88. The van der Waals surface area contributed by atoms with E-state index in [1.54, 1.807) is 0 Å². The number of rotatable bonds is 3. The smallest absolute Gasteiger partial charge is 0.258 e. The molecule has 1 aliphatic rings. The van der Waals surface area contributed by atoms with Crippen molar-refractivity contribution in [1.82, 2.24) is 14.3 Å². The SMILES string of the molecule is CS(=O)(=O)N1CCc2nc(NC(=O)c3ccc(=O)[nH]c3)sc2C1. The van der Waals surface area contributed by atoms with E-state index in [1.165, 1.54) is 40.2 Å². The van der Waals surface area contributed by atoms with Gasteiger partial charge in [-0.15, -0.1) is 11.3 Å². The number of carbonyl (C=O) groups is 1. The number of aromatic amines is 1. The molecule has 10 heteroatoms. The van der Waals surface area contributed by atoms with Gasteiger partial charge in [-0.1, -0.05) is 0 Å². The zero-order valence-electron chi connectivity index (χ0n) is 12.2. The minimum absolute atomic E-state index is 0.278. The van der Waals surface area contributed by atoms with Crippen molar-refractivity contribution in [3.05, 3.63) is 44.8 Å². The molecule has 0 saturated carbocycles. The minimum atomic E-state index is -3.24. The summed E-state index contributed by atoms with van der Waals surface area (Å²) in [5, 5.41) is 3.09. The van der Waals surface area contributed by atoms with Gasteiger partial charge in [-0.2, -0.15) is 4.31 Å². The Morgan fingerprint density at radius 3 is 2.87 bits per heavy atom. The van der Waals surface area contributed by atoms with Crippen LogP contribution in [0.5, 0.6) is 0 Å². The van der Waals surface area contributed by atoms with Gasteiger partial charge in [0.05, 0.1) is 17.5 Å². The molecule has 0 fully saturated rings. The van der Waals surface area contributed by atoms with Crippen LogP contribution in [-0.4, -0.2) is 41.4 Å². The van der Waals surface area contributed by atoms with E-state index < -0.39 is 10.0 Å². The molecule has 1 aliphatic heterocycles. The summed E-state index contributed by atoms with van der Waals surface area (Å²) in [5.74, 6) is -0.382. The second-order valence-corrected chi connectivity index (χ2v) is 8.20. The molecule has 2 N–H and O–H groups in total. The molecule has 3 rings (SSSR count). The van der Waals surface area contributed by atoms with E-state index in [2.05, 4.69) is 15.3 Å². The number of hydrogen-bond donors (Lipinski definition) is 2. The highest BCUT2D eigenvalue weighted by atomic mass is 32.2. The maximum atomic E-state index is 12.1. The second kappa shape index (κ2) is 5.87. The number of nitrogens with one attached hydrogen (secondary N) is 2. The van der Waals surface area contributed by atoms with Gasteiger partial charge in [-0.05, 0) is 6.07 Å². The molecule has 8 nitrogen and oxygen atoms in total. The first kappa shape index (κ1) is 15.8. The number of nitrogens with zero attached hydrogens (tertiary/aromatic N) is 2. The Kier molecular flexibility index (Phi) is 4.04. The van der Waals surface area contributed by atoms with Crippen LogP contribution >= 0.6 is 11.3 Å². The lowest BCUT2D eigenvalue weighted by atomic mass is 10.2. The van der Waals surface area contributed by atoms with E-state index in [4.69, 9.17) is 0 Å². The summed E-state index contributed by atoms with van der Waals surface area (Å²) >= 11 is 1.26. The molecule has 0 spiro atoms. The largest absolute Gasteiger partial charge is 0.328 e. The number of aromatic nitrogens is 2. The fourth-order valence-corrected chi connectivity index (χ4v) is 4.12. The third-order valence-electron chi connectivity index (χ3n) is 3.43. The number of amides is 1. The Morgan fingerprint density at radius 1 is 1.43 bits per heavy atom. The van der Waals surface area contributed by atoms with E-state index in [0.29, 0.717) is 23.7 Å². The first-order chi connectivity index (χ1) is 10.8. The molecule has 2 aromatic rings. The molecule has 122 valence electrons. The van der Waals surface area contributed by atoms with Gasteiger partial charge >= 0.3 is 0 Å². The van der Waals surface area contributed by atoms with E-state index in [9.17, 15) is 18.0 Å². The first-order valence-corrected chi connectivity index (χ1v) is 9.43. The highest BCUT2D eigenvalue weighted by Crippen LogP contribution is 2.29. The standard InChI is InChI=1S/C13H14N4O4S2/c1-23(20,21)17-5-4-9-10(7-17)22-13(15-9)16-12(19)8-2-3-11(18)14-6-8/h2-3,6H,4-5,7H2,1H3,(H,14,18)(H,15,16,19). The molecule has 0 radical (unpaired) electrons. The van der Waals surface area contributed by atoms with E-state index in [1.807, 2.05) is 0 Å². The number of hydrogen-bond acceptors (Lipinski definition) is 6. The van der Waals surface area contributed by atoms with Crippen LogP contribution in [0.2, 0.25) is 0 Å². The summed E-state index contributed by atoms with van der Waals surface area (Å²) < 4.78 is 24.6. The van der Waals surface area contributed by atoms with Crippen molar-refractivity contribution in [2.75, 3.05) is 18.1 Å². The molecule has 2 aromatic heterocycles. The van der Waals surface area contributed by atoms with Crippen LogP contribution in [0.25, 0.3) is 0 Å². The molecule has 0 aliphatic carbocycles. The molecule has 0 unspecified atom stereocenters. The highest BCUT2D eigenvalue weighted by Gasteiger charge is 2.26. The van der Waals surface area contributed by atoms with E-state index in [0.717, 1.165) is 10.6 Å². The van der Waals surface area contributed by atoms with E-state index >= 15 is 0 Å². The normalized spacial score (nSPS) is 15.2. The van der Waals surface area contributed by atoms with Crippen LogP contribution in [0.1, 0.15) is 20.9 Å². The van der Waals surface area contributed by atoms with Crippen LogP contribution in [0.4, 0.5) is 5.13 Å². The van der Waals surface area contributed by atoms with Crippen LogP contribution in [0.3, 0.4) is 0 Å². The molecule has 0 bridgehead atoms. The molecule has 23 heavy (non-hydrogen) atoms. The molecule has 0 aromatic carbocycles. The van der Waals surface area contributed by atoms with Gasteiger partial charge in [0.25, 0.3) is 5.91 Å². The Balaban J connectivity index is 1.76. The van der Waals surface area contributed by atoms with Crippen molar-refractivity contribution in [2.24, 2.45) is 0 Å². The van der Waals surface area contributed by atoms with Crippen molar-refractivity contribution in [1.29, 1.82) is 0 Å². The summed E-state index contributed by atoms with van der Waals surface area (Å²) in [6.07, 6.45) is 3.03. The second-order valence-electron chi connectivity index (χ2n) is 5.13. The third-order valence-corrected chi connectivity index (χ3v) is 5.68. The number of carbonyl (C=O) groups excluding carboxylic acids is 1. The lowest BCUT2D eigenvalue weighted by Gasteiger charge is -2.23. The van der Waals surface area contributed by atoms with Gasteiger partial charge in [0.2, 0.25) is 15.6 Å². The Morgan fingerprint density at radius 2 is 2.22 bits per heavy atom. The Labute approximate surface area is 136 Å². The number of fused-ring (bicyclic) bond motifs is 1. The van der Waals surface area contributed by atoms with Crippen molar-refractivity contribution in [2.45, 2.75) is 13.0 Å². The van der Waals surface area contributed by atoms with Crippen LogP contribution in [0, 0.1) is 0 Å². The number of H-pyrrole nitrogens is 1. The Bertz CT molecular complexity index is 896. The molecule has 3 heterocycles. The van der Waals surface area contributed by atoms with Gasteiger partial charge in [0.1, 0.15) is 0 Å². The zero-order chi connectivity index (χ0) is 16.6. The van der Waals surface area contributed by atoms with Crippen molar-refractivity contribution >= 4 is 32.4 Å². The number of pyridine rings is 1. The molecular formula is C13H14N4O4S2. The van der Waals surface area contributed by atoms with Crippen molar-refractivity contribution in [3.8, 4) is 0 Å². The topological polar surface area (TPSA) is 112 Å². The fraction of sp³-hybridized carbons (Fsp3) is 0.308. The maximum Gasteiger partial charge on any atom is 0.258 e. The van der Waals surface area contributed by atoms with Gasteiger partial charge in [-0.25, -0.2) is 13.4 Å². The zero-order valence-corrected chi connectivity index (χ0v) is 13.8. The summed E-state index contributed by atoms with van der Waals surface area (Å²) in [6, 6.07) is 2.69. The summed E-state index contributed by atoms with van der Waals surface area (Å²) in [4.78, 5) is 30.7. The molecule has 0 atom stereocenters. The van der Waals surface area contributed by atoms with Crippen LogP contribution in [0.15, 0.2) is 23.1 Å². The summed E-state index contributed by atoms with van der Waals surface area (Å²) in [5.41, 5.74) is 0.842. The quantitative estimate of drug-likeness (QED) is 0.829. The van der Waals surface area contributed by atoms with Crippen LogP contribution in [-0.2, 0) is 23.0 Å². The number of sulfonamides is 1. The van der Waals surface area contributed by atoms with E-state index in [-0.39, 0.29) is 18.0 Å². The average molecular weight is 354 g/mol. The van der Waals surface area contributed by atoms with Crippen LogP contribution < -0.4 is 10.9 Å². The van der Waals surface area contributed by atoms with Gasteiger partial charge < -0.3 is 4.98 Å². The summed E-state index contributed by atoms with van der Waals surface area (Å²) in [6.45, 7) is 0.670. The predicted molar refractivity (Wildman–Crippen MR) is 86.1 cm³/mol. The van der Waals surface area contributed by atoms with Crippen molar-refractivity contribution < 1.29 is 13.2 Å². The predicted octanol–water partition coefficient (Wildman–Crippen LogP) is 0.401. The first-order valence-electron chi connectivity index (χ1n) is 6.77. The Hall–Kier alpha value is -2.04. The fourth-order valence-electron chi connectivity index (χ4n) is 2.23. The molecule has 1 amide bonds. The summed E-state index contributed by atoms with van der Waals surface area (Å²) in [7, 11) is -3.24. The lowest BCUT2D eigenvalue weighted by Crippen LogP contribution is -2.34. The lowest BCUT2D eigenvalue weighted by molar-refractivity contribution is 0.102. The van der Waals surface area contributed by atoms with Gasteiger partial charge in [0, 0.05) is 36.7 Å².